The minimum Gasteiger partial charge on any atom is -0.378 e. The van der Waals surface area contributed by atoms with Crippen LogP contribution in [0.1, 0.15) is 31.2 Å². The number of benzene rings is 1. The van der Waals surface area contributed by atoms with Crippen LogP contribution in [0.4, 0.5) is 0 Å². The van der Waals surface area contributed by atoms with Gasteiger partial charge in [0.15, 0.2) is 0 Å². The summed E-state index contributed by atoms with van der Waals surface area (Å²) in [6, 6.07) is 8.36. The predicted octanol–water partition coefficient (Wildman–Crippen LogP) is 3.14. The molecule has 1 unspecified atom stereocenters. The van der Waals surface area contributed by atoms with Gasteiger partial charge in [0, 0.05) is 30.1 Å². The summed E-state index contributed by atoms with van der Waals surface area (Å²) in [5.41, 5.74) is 1.74. The molecule has 1 atom stereocenters. The molecule has 18 heavy (non-hydrogen) atoms. The predicted molar refractivity (Wildman–Crippen MR) is 74.2 cm³/mol. The molecule has 1 aromatic rings. The Bertz CT molecular complexity index is 393. The highest BCUT2D eigenvalue weighted by Crippen LogP contribution is 2.35. The summed E-state index contributed by atoms with van der Waals surface area (Å²) in [7, 11) is 0. The van der Waals surface area contributed by atoms with E-state index in [-0.39, 0.29) is 0 Å². The van der Waals surface area contributed by atoms with Crippen LogP contribution in [0.25, 0.3) is 0 Å². The van der Waals surface area contributed by atoms with Crippen molar-refractivity contribution in [3.05, 3.63) is 34.9 Å². The molecule has 0 spiro atoms. The van der Waals surface area contributed by atoms with Crippen molar-refractivity contribution in [1.29, 1.82) is 0 Å². The first-order chi connectivity index (χ1) is 8.78. The number of nitrogens with one attached hydrogen (secondary N) is 1. The summed E-state index contributed by atoms with van der Waals surface area (Å²) in [5, 5.41) is 4.24. The van der Waals surface area contributed by atoms with Crippen molar-refractivity contribution >= 4 is 11.6 Å². The summed E-state index contributed by atoms with van der Waals surface area (Å²) in [5.74, 6) is 0. The third-order valence-corrected chi connectivity index (χ3v) is 4.60. The van der Waals surface area contributed by atoms with Crippen LogP contribution in [0.15, 0.2) is 24.3 Å². The van der Waals surface area contributed by atoms with E-state index in [1.54, 1.807) is 0 Å². The second-order valence-corrected chi connectivity index (χ2v) is 6.00. The lowest BCUT2D eigenvalue weighted by molar-refractivity contribution is 0.0900. The molecule has 0 radical (unpaired) electrons. The van der Waals surface area contributed by atoms with Gasteiger partial charge in [-0.05, 0) is 43.4 Å². The Morgan fingerprint density at radius 3 is 2.61 bits per heavy atom. The van der Waals surface area contributed by atoms with Crippen LogP contribution in [-0.4, -0.2) is 25.8 Å². The lowest BCUT2D eigenvalue weighted by atomic mass is 9.71. The highest BCUT2D eigenvalue weighted by molar-refractivity contribution is 6.30. The second kappa shape index (κ2) is 5.20. The molecule has 1 aromatic carbocycles. The van der Waals surface area contributed by atoms with E-state index >= 15 is 0 Å². The van der Waals surface area contributed by atoms with Gasteiger partial charge in [0.1, 0.15) is 0 Å². The standard InChI is InChI=1S/C15H20ClNO/c16-13-5-3-12(4-6-13)15(10-17-11-15)8-7-14-2-1-9-18-14/h3-6,14,17H,1-2,7-11H2. The van der Waals surface area contributed by atoms with Crippen molar-refractivity contribution in [3.8, 4) is 0 Å². The highest BCUT2D eigenvalue weighted by atomic mass is 35.5. The normalized spacial score (nSPS) is 25.9. The maximum absolute atomic E-state index is 5.97. The van der Waals surface area contributed by atoms with Gasteiger partial charge in [-0.2, -0.15) is 0 Å². The maximum atomic E-state index is 5.97. The van der Waals surface area contributed by atoms with Crippen molar-refractivity contribution in [2.75, 3.05) is 19.7 Å². The van der Waals surface area contributed by atoms with E-state index in [4.69, 9.17) is 16.3 Å². The summed E-state index contributed by atoms with van der Waals surface area (Å²) in [6.45, 7) is 3.12. The molecule has 2 saturated heterocycles. The SMILES string of the molecule is Clc1ccc(C2(CCC3CCCO3)CNC2)cc1. The van der Waals surface area contributed by atoms with Gasteiger partial charge < -0.3 is 10.1 Å². The minimum atomic E-state index is 0.316. The number of hydrogen-bond donors (Lipinski definition) is 1. The van der Waals surface area contributed by atoms with Crippen LogP contribution in [0, 0.1) is 0 Å². The van der Waals surface area contributed by atoms with Gasteiger partial charge in [0.25, 0.3) is 0 Å². The highest BCUT2D eigenvalue weighted by Gasteiger charge is 2.38. The Kier molecular flexibility index (Phi) is 3.60. The molecule has 2 aliphatic heterocycles. The molecule has 0 bridgehead atoms. The molecular weight excluding hydrogens is 246 g/mol. The topological polar surface area (TPSA) is 21.3 Å². The minimum absolute atomic E-state index is 0.316. The van der Waals surface area contributed by atoms with Crippen LogP contribution in [0.3, 0.4) is 0 Å². The van der Waals surface area contributed by atoms with E-state index in [1.807, 2.05) is 12.1 Å². The van der Waals surface area contributed by atoms with Crippen molar-refractivity contribution in [3.63, 3.8) is 0 Å². The molecule has 1 N–H and O–H groups in total. The first-order valence-electron chi connectivity index (χ1n) is 6.87. The van der Waals surface area contributed by atoms with Crippen molar-refractivity contribution in [2.24, 2.45) is 0 Å². The van der Waals surface area contributed by atoms with Gasteiger partial charge >= 0.3 is 0 Å². The van der Waals surface area contributed by atoms with Gasteiger partial charge in [0.05, 0.1) is 6.10 Å². The fraction of sp³-hybridized carbons (Fsp3) is 0.600. The van der Waals surface area contributed by atoms with Crippen molar-refractivity contribution in [1.82, 2.24) is 5.32 Å². The summed E-state index contributed by atoms with van der Waals surface area (Å²) >= 11 is 5.97. The van der Waals surface area contributed by atoms with Gasteiger partial charge in [-0.1, -0.05) is 23.7 Å². The van der Waals surface area contributed by atoms with Crippen molar-refractivity contribution in [2.45, 2.75) is 37.2 Å². The maximum Gasteiger partial charge on any atom is 0.0576 e. The number of rotatable bonds is 4. The van der Waals surface area contributed by atoms with Crippen molar-refractivity contribution < 1.29 is 4.74 Å². The summed E-state index contributed by atoms with van der Waals surface area (Å²) in [6.07, 6.45) is 5.37. The molecule has 0 amide bonds. The van der Waals surface area contributed by atoms with Gasteiger partial charge in [0.2, 0.25) is 0 Å². The molecule has 3 rings (SSSR count). The quantitative estimate of drug-likeness (QED) is 0.903. The monoisotopic (exact) mass is 265 g/mol. The molecule has 2 aliphatic rings. The van der Waals surface area contributed by atoms with E-state index in [0.717, 1.165) is 24.7 Å². The van der Waals surface area contributed by atoms with Crippen LogP contribution < -0.4 is 5.32 Å². The van der Waals surface area contributed by atoms with E-state index < -0.39 is 0 Å². The largest absolute Gasteiger partial charge is 0.378 e. The fourth-order valence-corrected chi connectivity index (χ4v) is 3.19. The van der Waals surface area contributed by atoms with Gasteiger partial charge in [-0.3, -0.25) is 0 Å². The zero-order chi connectivity index (χ0) is 12.4. The average molecular weight is 266 g/mol. The van der Waals surface area contributed by atoms with E-state index in [9.17, 15) is 0 Å². The Hall–Kier alpha value is -0.570. The molecule has 2 fully saturated rings. The average Bonchev–Trinajstić information content (AvgIpc) is 2.83. The van der Waals surface area contributed by atoms with Crippen LogP contribution >= 0.6 is 11.6 Å². The number of ether oxygens (including phenoxy) is 1. The third kappa shape index (κ3) is 2.42. The molecule has 2 nitrogen and oxygen atoms in total. The number of hydrogen-bond acceptors (Lipinski definition) is 2. The van der Waals surface area contributed by atoms with E-state index in [0.29, 0.717) is 11.5 Å². The van der Waals surface area contributed by atoms with E-state index in [2.05, 4.69) is 17.4 Å². The lowest BCUT2D eigenvalue weighted by Crippen LogP contribution is -2.57. The first kappa shape index (κ1) is 12.5. The molecule has 2 heterocycles. The summed E-state index contributed by atoms with van der Waals surface area (Å²) < 4.78 is 5.73. The van der Waals surface area contributed by atoms with Crippen LogP contribution in [-0.2, 0) is 10.2 Å². The Balaban J connectivity index is 1.67. The zero-order valence-electron chi connectivity index (χ0n) is 10.6. The van der Waals surface area contributed by atoms with Crippen LogP contribution in [0.2, 0.25) is 5.02 Å². The molecule has 0 saturated carbocycles. The molecule has 0 aliphatic carbocycles. The third-order valence-electron chi connectivity index (χ3n) is 4.35. The van der Waals surface area contributed by atoms with Gasteiger partial charge in [-0.25, -0.2) is 0 Å². The molecular formula is C15H20ClNO. The fourth-order valence-electron chi connectivity index (χ4n) is 3.06. The molecule has 98 valence electrons. The smallest absolute Gasteiger partial charge is 0.0576 e. The van der Waals surface area contributed by atoms with E-state index in [1.165, 1.54) is 31.2 Å². The summed E-state index contributed by atoms with van der Waals surface area (Å²) in [4.78, 5) is 0. The zero-order valence-corrected chi connectivity index (χ0v) is 11.4. The Morgan fingerprint density at radius 2 is 2.06 bits per heavy atom. The Morgan fingerprint density at radius 1 is 1.28 bits per heavy atom. The second-order valence-electron chi connectivity index (χ2n) is 5.56. The van der Waals surface area contributed by atoms with Crippen LogP contribution in [0.5, 0.6) is 0 Å². The van der Waals surface area contributed by atoms with Gasteiger partial charge in [-0.15, -0.1) is 0 Å². The number of halogens is 1. The first-order valence-corrected chi connectivity index (χ1v) is 7.25. The Labute approximate surface area is 114 Å². The lowest BCUT2D eigenvalue weighted by Gasteiger charge is -2.44. The molecule has 3 heteroatoms. The molecule has 0 aromatic heterocycles.